The standard InChI is InChI=1S/C23H28N2O5.BH3O2/c1-16(2)13-19(25-23(29)30-15-18-11-7-4-8-12-18)21(26)24-20(22(27)28)14-17-9-5-3-6-10-17;2-1-3/h3-12,16,19-20H,13-15H2,1-2H3,(H,24,26)(H,25,29)(H,27,28);1-3H. The maximum atomic E-state index is 12.7. The molecule has 0 radical (unpaired) electrons. The largest absolute Gasteiger partial charge is 0.480 e. The van der Waals surface area contributed by atoms with Crippen molar-refractivity contribution in [2.45, 2.75) is 45.4 Å². The van der Waals surface area contributed by atoms with E-state index in [4.69, 9.17) is 14.8 Å². The van der Waals surface area contributed by atoms with Gasteiger partial charge in [-0.25, -0.2) is 9.59 Å². The van der Waals surface area contributed by atoms with Crippen molar-refractivity contribution in [3.63, 3.8) is 0 Å². The van der Waals surface area contributed by atoms with Crippen LogP contribution in [0.5, 0.6) is 0 Å². The molecule has 0 saturated carbocycles. The Balaban J connectivity index is 0.00000172. The Morgan fingerprint density at radius 1 is 0.879 bits per heavy atom. The van der Waals surface area contributed by atoms with Crippen LogP contribution in [0.3, 0.4) is 0 Å². The smallest absolute Gasteiger partial charge is 0.432 e. The number of benzene rings is 2. The van der Waals surface area contributed by atoms with Crippen LogP contribution in [0.2, 0.25) is 0 Å². The van der Waals surface area contributed by atoms with Gasteiger partial charge in [0.25, 0.3) is 0 Å². The molecule has 0 aliphatic carbocycles. The molecule has 9 nitrogen and oxygen atoms in total. The first-order chi connectivity index (χ1) is 15.8. The second-order valence-electron chi connectivity index (χ2n) is 7.62. The quantitative estimate of drug-likeness (QED) is 0.338. The zero-order valence-electron chi connectivity index (χ0n) is 18.8. The van der Waals surface area contributed by atoms with E-state index >= 15 is 0 Å². The monoisotopic (exact) mass is 458 g/mol. The molecule has 10 heteroatoms. The molecule has 2 atom stereocenters. The van der Waals surface area contributed by atoms with E-state index in [2.05, 4.69) is 10.6 Å². The van der Waals surface area contributed by atoms with Crippen LogP contribution >= 0.6 is 0 Å². The van der Waals surface area contributed by atoms with E-state index in [0.29, 0.717) is 6.42 Å². The Morgan fingerprint density at radius 2 is 1.39 bits per heavy atom. The predicted molar refractivity (Wildman–Crippen MR) is 124 cm³/mol. The zero-order valence-corrected chi connectivity index (χ0v) is 18.8. The van der Waals surface area contributed by atoms with Crippen molar-refractivity contribution in [2.75, 3.05) is 0 Å². The topological polar surface area (TPSA) is 145 Å². The number of hydrogen-bond acceptors (Lipinski definition) is 6. The zero-order chi connectivity index (χ0) is 24.6. The number of alkyl carbamates (subject to hydrolysis) is 1. The van der Waals surface area contributed by atoms with Crippen molar-refractivity contribution in [3.05, 3.63) is 71.8 Å². The second kappa shape index (κ2) is 15.4. The fourth-order valence-electron chi connectivity index (χ4n) is 2.93. The van der Waals surface area contributed by atoms with Crippen molar-refractivity contribution >= 4 is 25.7 Å². The van der Waals surface area contributed by atoms with Crippen LogP contribution < -0.4 is 10.6 Å². The molecule has 0 saturated heterocycles. The van der Waals surface area contributed by atoms with Crippen molar-refractivity contribution < 1.29 is 34.3 Å². The van der Waals surface area contributed by atoms with E-state index in [1.54, 1.807) is 12.1 Å². The number of hydrogen-bond donors (Lipinski definition) is 5. The molecule has 0 bridgehead atoms. The number of carbonyl (C=O) groups excluding carboxylic acids is 2. The minimum absolute atomic E-state index is 0.0778. The number of carboxylic acids is 1. The molecular formula is C23H31BN2O7. The number of ether oxygens (including phenoxy) is 1. The Morgan fingerprint density at radius 3 is 1.88 bits per heavy atom. The van der Waals surface area contributed by atoms with Gasteiger partial charge in [-0.05, 0) is 23.5 Å². The number of amides is 2. The molecule has 0 spiro atoms. The van der Waals surface area contributed by atoms with E-state index in [1.807, 2.05) is 62.4 Å². The van der Waals surface area contributed by atoms with E-state index in [-0.39, 0.29) is 18.9 Å². The maximum absolute atomic E-state index is 12.7. The van der Waals surface area contributed by atoms with E-state index in [0.717, 1.165) is 11.1 Å². The summed E-state index contributed by atoms with van der Waals surface area (Å²) in [6, 6.07) is 16.2. The first-order valence-corrected chi connectivity index (χ1v) is 10.5. The average molecular weight is 458 g/mol. The Kier molecular flexibility index (Phi) is 12.9. The third-order valence-electron chi connectivity index (χ3n) is 4.43. The highest BCUT2D eigenvalue weighted by Crippen LogP contribution is 2.09. The maximum Gasteiger partial charge on any atom is 0.432 e. The van der Waals surface area contributed by atoms with Gasteiger partial charge in [0.05, 0.1) is 0 Å². The molecule has 0 aliphatic rings. The van der Waals surface area contributed by atoms with Gasteiger partial charge in [0.2, 0.25) is 5.91 Å². The van der Waals surface area contributed by atoms with Crippen molar-refractivity contribution in [1.82, 2.24) is 10.6 Å². The molecule has 2 unspecified atom stereocenters. The molecule has 2 amide bonds. The number of rotatable bonds is 10. The summed E-state index contributed by atoms with van der Waals surface area (Å²) in [6.07, 6.45) is -0.229. The molecule has 5 N–H and O–H groups in total. The van der Waals surface area contributed by atoms with Gasteiger partial charge >= 0.3 is 19.7 Å². The lowest BCUT2D eigenvalue weighted by Gasteiger charge is -2.22. The van der Waals surface area contributed by atoms with Crippen LogP contribution in [0.25, 0.3) is 0 Å². The lowest BCUT2D eigenvalue weighted by molar-refractivity contribution is -0.142. The summed E-state index contributed by atoms with van der Waals surface area (Å²) in [5.74, 6) is -1.58. The fourth-order valence-corrected chi connectivity index (χ4v) is 2.93. The summed E-state index contributed by atoms with van der Waals surface area (Å²) in [7, 11) is -0.750. The van der Waals surface area contributed by atoms with Crippen LogP contribution in [0.15, 0.2) is 60.7 Å². The normalized spacial score (nSPS) is 11.9. The lowest BCUT2D eigenvalue weighted by atomic mass is 10.0. The molecule has 0 heterocycles. The fraction of sp³-hybridized carbons (Fsp3) is 0.348. The summed E-state index contributed by atoms with van der Waals surface area (Å²) in [6.45, 7) is 3.90. The van der Waals surface area contributed by atoms with Gasteiger partial charge in [0.1, 0.15) is 18.7 Å². The van der Waals surface area contributed by atoms with Gasteiger partial charge in [-0.2, -0.15) is 0 Å². The molecule has 33 heavy (non-hydrogen) atoms. The lowest BCUT2D eigenvalue weighted by Crippen LogP contribution is -2.52. The first-order valence-electron chi connectivity index (χ1n) is 10.5. The molecule has 0 aliphatic heterocycles. The van der Waals surface area contributed by atoms with Gasteiger partial charge in [0, 0.05) is 6.42 Å². The number of nitrogens with one attached hydrogen (secondary N) is 2. The van der Waals surface area contributed by atoms with Crippen molar-refractivity contribution in [2.24, 2.45) is 5.92 Å². The minimum Gasteiger partial charge on any atom is -0.480 e. The first kappa shape index (κ1) is 27.7. The van der Waals surface area contributed by atoms with Gasteiger partial charge in [-0.15, -0.1) is 0 Å². The van der Waals surface area contributed by atoms with Gasteiger partial charge in [-0.1, -0.05) is 74.5 Å². The highest BCUT2D eigenvalue weighted by atomic mass is 16.5. The van der Waals surface area contributed by atoms with Gasteiger partial charge in [-0.3, -0.25) is 4.79 Å². The van der Waals surface area contributed by atoms with Crippen LogP contribution in [0.1, 0.15) is 31.4 Å². The Hall–Kier alpha value is -3.37. The minimum atomic E-state index is -1.14. The van der Waals surface area contributed by atoms with Crippen LogP contribution in [-0.2, 0) is 27.4 Å². The summed E-state index contributed by atoms with van der Waals surface area (Å²) in [5, 5.41) is 28.9. The Labute approximate surface area is 194 Å². The van der Waals surface area contributed by atoms with E-state index in [1.165, 1.54) is 0 Å². The number of carboxylic acid groups (broad SMARTS) is 1. The molecule has 2 aromatic rings. The van der Waals surface area contributed by atoms with Crippen molar-refractivity contribution in [3.8, 4) is 0 Å². The van der Waals surface area contributed by atoms with E-state index < -0.39 is 37.7 Å². The number of carbonyl (C=O) groups is 3. The van der Waals surface area contributed by atoms with Crippen LogP contribution in [0.4, 0.5) is 4.79 Å². The third-order valence-corrected chi connectivity index (χ3v) is 4.43. The van der Waals surface area contributed by atoms with Gasteiger partial charge < -0.3 is 30.5 Å². The van der Waals surface area contributed by atoms with Crippen LogP contribution in [0, 0.1) is 5.92 Å². The molecular weight excluding hydrogens is 427 g/mol. The molecule has 0 fully saturated rings. The Bertz CT molecular complexity index is 850. The summed E-state index contributed by atoms with van der Waals surface area (Å²) >= 11 is 0. The predicted octanol–water partition coefficient (Wildman–Crippen LogP) is 1.38. The SMILES string of the molecule is CC(C)CC(NC(=O)OCc1ccccc1)C(=O)NC(Cc1ccccc1)C(=O)O.OBO. The highest BCUT2D eigenvalue weighted by molar-refractivity contribution is 6.13. The molecule has 2 aromatic carbocycles. The molecule has 2 rings (SSSR count). The van der Waals surface area contributed by atoms with Crippen LogP contribution in [-0.4, -0.2) is 52.9 Å². The van der Waals surface area contributed by atoms with E-state index in [9.17, 15) is 19.5 Å². The second-order valence-corrected chi connectivity index (χ2v) is 7.62. The summed E-state index contributed by atoms with van der Waals surface area (Å²) < 4.78 is 5.19. The van der Waals surface area contributed by atoms with Gasteiger partial charge in [0.15, 0.2) is 0 Å². The molecule has 178 valence electrons. The van der Waals surface area contributed by atoms with Crippen molar-refractivity contribution in [1.29, 1.82) is 0 Å². The summed E-state index contributed by atoms with van der Waals surface area (Å²) in [5.41, 5.74) is 1.62. The average Bonchev–Trinajstić information content (AvgIpc) is 2.78. The summed E-state index contributed by atoms with van der Waals surface area (Å²) in [4.78, 5) is 36.6. The third kappa shape index (κ3) is 11.7. The number of aliphatic carboxylic acids is 1. The molecule has 0 aromatic heterocycles. The highest BCUT2D eigenvalue weighted by Gasteiger charge is 2.27.